The number of rotatable bonds is 5. The van der Waals surface area contributed by atoms with Crippen molar-refractivity contribution in [2.45, 2.75) is 6.04 Å². The normalized spacial score (nSPS) is 12.5. The van der Waals surface area contributed by atoms with Crippen molar-refractivity contribution >= 4 is 16.8 Å². The van der Waals surface area contributed by atoms with Gasteiger partial charge in [0.15, 0.2) is 0 Å². The Bertz CT molecular complexity index is 905. The van der Waals surface area contributed by atoms with E-state index < -0.39 is 0 Å². The standard InChI is InChI=1S/C19H19F2N3O/c1-24(2)18(12-4-3-5-14(20)8-12)11-22-19(25)17-10-13-9-15(21)6-7-16(13)23-17/h3-10,18,23H,11H2,1-2H3,(H,22,25)/t18-/m1/s1. The molecule has 130 valence electrons. The Kier molecular flexibility index (Phi) is 4.81. The molecule has 0 radical (unpaired) electrons. The van der Waals surface area contributed by atoms with Gasteiger partial charge in [-0.05, 0) is 56.1 Å². The number of hydrogen-bond acceptors (Lipinski definition) is 2. The molecule has 2 N–H and O–H groups in total. The van der Waals surface area contributed by atoms with Crippen LogP contribution >= 0.6 is 0 Å². The lowest BCUT2D eigenvalue weighted by molar-refractivity contribution is 0.0937. The van der Waals surface area contributed by atoms with E-state index in [2.05, 4.69) is 10.3 Å². The lowest BCUT2D eigenvalue weighted by atomic mass is 10.1. The van der Waals surface area contributed by atoms with E-state index in [9.17, 15) is 13.6 Å². The van der Waals surface area contributed by atoms with Crippen molar-refractivity contribution in [3.63, 3.8) is 0 Å². The number of amides is 1. The van der Waals surface area contributed by atoms with E-state index in [4.69, 9.17) is 0 Å². The molecule has 2 aromatic carbocycles. The zero-order valence-corrected chi connectivity index (χ0v) is 14.0. The van der Waals surface area contributed by atoms with Crippen LogP contribution in [0.1, 0.15) is 22.1 Å². The van der Waals surface area contributed by atoms with E-state index >= 15 is 0 Å². The van der Waals surface area contributed by atoms with Gasteiger partial charge in [0.1, 0.15) is 17.3 Å². The third-order valence-electron chi connectivity index (χ3n) is 4.14. The summed E-state index contributed by atoms with van der Waals surface area (Å²) in [6.07, 6.45) is 0. The quantitative estimate of drug-likeness (QED) is 0.745. The average Bonchev–Trinajstić information content (AvgIpc) is 2.97. The number of carbonyl (C=O) groups excluding carboxylic acids is 1. The molecule has 0 saturated carbocycles. The van der Waals surface area contributed by atoms with Gasteiger partial charge in [-0.25, -0.2) is 8.78 Å². The van der Waals surface area contributed by atoms with Crippen molar-refractivity contribution in [1.82, 2.24) is 15.2 Å². The minimum atomic E-state index is -0.350. The van der Waals surface area contributed by atoms with Gasteiger partial charge in [0.2, 0.25) is 0 Å². The summed E-state index contributed by atoms with van der Waals surface area (Å²) in [5, 5.41) is 3.48. The summed E-state index contributed by atoms with van der Waals surface area (Å²) in [4.78, 5) is 17.3. The summed E-state index contributed by atoms with van der Waals surface area (Å²) in [6, 6.07) is 12.1. The number of aromatic amines is 1. The second kappa shape index (κ2) is 7.03. The van der Waals surface area contributed by atoms with Gasteiger partial charge < -0.3 is 15.2 Å². The molecule has 3 rings (SSSR count). The predicted molar refractivity (Wildman–Crippen MR) is 93.4 cm³/mol. The molecule has 0 unspecified atom stereocenters. The molecule has 4 nitrogen and oxygen atoms in total. The van der Waals surface area contributed by atoms with Gasteiger partial charge in [-0.15, -0.1) is 0 Å². The van der Waals surface area contributed by atoms with Crippen molar-refractivity contribution in [3.05, 3.63) is 71.4 Å². The predicted octanol–water partition coefficient (Wildman–Crippen LogP) is 3.48. The van der Waals surface area contributed by atoms with E-state index in [1.165, 1.54) is 24.3 Å². The van der Waals surface area contributed by atoms with Gasteiger partial charge >= 0.3 is 0 Å². The van der Waals surface area contributed by atoms with E-state index in [1.54, 1.807) is 18.2 Å². The van der Waals surface area contributed by atoms with Crippen LogP contribution in [0.25, 0.3) is 10.9 Å². The van der Waals surface area contributed by atoms with Gasteiger partial charge in [0.05, 0.1) is 6.04 Å². The van der Waals surface area contributed by atoms with E-state index in [0.717, 1.165) is 5.56 Å². The van der Waals surface area contributed by atoms with Crippen LogP contribution in [0.5, 0.6) is 0 Å². The lowest BCUT2D eigenvalue weighted by Crippen LogP contribution is -2.34. The molecule has 1 heterocycles. The Hall–Kier alpha value is -2.73. The Labute approximate surface area is 144 Å². The van der Waals surface area contributed by atoms with Crippen LogP contribution in [-0.2, 0) is 0 Å². The minimum Gasteiger partial charge on any atom is -0.351 e. The van der Waals surface area contributed by atoms with Crippen LogP contribution in [0, 0.1) is 11.6 Å². The number of fused-ring (bicyclic) bond motifs is 1. The molecule has 0 aliphatic heterocycles. The zero-order valence-electron chi connectivity index (χ0n) is 14.0. The fourth-order valence-corrected chi connectivity index (χ4v) is 2.82. The van der Waals surface area contributed by atoms with Crippen molar-refractivity contribution in [2.75, 3.05) is 20.6 Å². The van der Waals surface area contributed by atoms with Gasteiger partial charge in [-0.2, -0.15) is 0 Å². The summed E-state index contributed by atoms with van der Waals surface area (Å²) >= 11 is 0. The molecule has 0 aliphatic rings. The first-order chi connectivity index (χ1) is 11.9. The number of likely N-dealkylation sites (N-methyl/N-ethyl adjacent to an activating group) is 1. The summed E-state index contributed by atoms with van der Waals surface area (Å²) in [5.74, 6) is -0.953. The van der Waals surface area contributed by atoms with Crippen LogP contribution in [0.2, 0.25) is 0 Å². The monoisotopic (exact) mass is 343 g/mol. The highest BCUT2D eigenvalue weighted by Gasteiger charge is 2.17. The summed E-state index contributed by atoms with van der Waals surface area (Å²) in [6.45, 7) is 0.318. The van der Waals surface area contributed by atoms with Crippen molar-refractivity contribution in [2.24, 2.45) is 0 Å². The maximum atomic E-state index is 13.5. The maximum Gasteiger partial charge on any atom is 0.267 e. The Balaban J connectivity index is 1.74. The van der Waals surface area contributed by atoms with E-state index in [1.807, 2.05) is 25.1 Å². The Morgan fingerprint density at radius 3 is 2.60 bits per heavy atom. The number of H-pyrrole nitrogens is 1. The number of carbonyl (C=O) groups is 1. The summed E-state index contributed by atoms with van der Waals surface area (Å²) < 4.78 is 26.7. The molecule has 6 heteroatoms. The molecule has 3 aromatic rings. The molecule has 25 heavy (non-hydrogen) atoms. The Morgan fingerprint density at radius 2 is 1.88 bits per heavy atom. The van der Waals surface area contributed by atoms with Gasteiger partial charge in [0.25, 0.3) is 5.91 Å². The number of hydrogen-bond donors (Lipinski definition) is 2. The molecule has 1 amide bonds. The summed E-state index contributed by atoms with van der Waals surface area (Å²) in [5.41, 5.74) is 1.84. The van der Waals surface area contributed by atoms with Gasteiger partial charge in [-0.3, -0.25) is 4.79 Å². The fraction of sp³-hybridized carbons (Fsp3) is 0.211. The Morgan fingerprint density at radius 1 is 1.12 bits per heavy atom. The van der Waals surface area contributed by atoms with Crippen LogP contribution in [0.15, 0.2) is 48.5 Å². The number of nitrogens with zero attached hydrogens (tertiary/aromatic N) is 1. The largest absolute Gasteiger partial charge is 0.351 e. The van der Waals surface area contributed by atoms with Crippen molar-refractivity contribution in [3.8, 4) is 0 Å². The smallest absolute Gasteiger partial charge is 0.267 e. The van der Waals surface area contributed by atoms with Gasteiger partial charge in [0, 0.05) is 17.4 Å². The lowest BCUT2D eigenvalue weighted by Gasteiger charge is -2.25. The van der Waals surface area contributed by atoms with Crippen LogP contribution < -0.4 is 5.32 Å². The topological polar surface area (TPSA) is 48.1 Å². The van der Waals surface area contributed by atoms with Crippen molar-refractivity contribution < 1.29 is 13.6 Å². The van der Waals surface area contributed by atoms with E-state index in [-0.39, 0.29) is 23.6 Å². The molecule has 0 bridgehead atoms. The van der Waals surface area contributed by atoms with E-state index in [0.29, 0.717) is 23.1 Å². The summed E-state index contributed by atoms with van der Waals surface area (Å²) in [7, 11) is 3.74. The molecular weight excluding hydrogens is 324 g/mol. The highest BCUT2D eigenvalue weighted by Crippen LogP contribution is 2.19. The second-order valence-electron chi connectivity index (χ2n) is 6.16. The zero-order chi connectivity index (χ0) is 18.0. The molecule has 0 spiro atoms. The molecule has 0 saturated heterocycles. The third-order valence-corrected chi connectivity index (χ3v) is 4.14. The number of benzene rings is 2. The SMILES string of the molecule is CN(C)[C@H](CNC(=O)c1cc2cc(F)ccc2[nH]1)c1cccc(F)c1. The first kappa shape index (κ1) is 17.1. The minimum absolute atomic E-state index is 0.165. The highest BCUT2D eigenvalue weighted by atomic mass is 19.1. The molecule has 1 atom stereocenters. The number of aromatic nitrogens is 1. The van der Waals surface area contributed by atoms with Crippen molar-refractivity contribution in [1.29, 1.82) is 0 Å². The first-order valence-corrected chi connectivity index (χ1v) is 7.92. The third kappa shape index (κ3) is 3.85. The molecule has 0 fully saturated rings. The molecule has 1 aromatic heterocycles. The van der Waals surface area contributed by atoms with Crippen LogP contribution in [0.4, 0.5) is 8.78 Å². The van der Waals surface area contributed by atoms with Crippen LogP contribution in [0.3, 0.4) is 0 Å². The number of halogens is 2. The van der Waals surface area contributed by atoms with Gasteiger partial charge in [-0.1, -0.05) is 12.1 Å². The van der Waals surface area contributed by atoms with Crippen LogP contribution in [-0.4, -0.2) is 36.4 Å². The highest BCUT2D eigenvalue weighted by molar-refractivity contribution is 5.98. The first-order valence-electron chi connectivity index (χ1n) is 7.92. The maximum absolute atomic E-state index is 13.5. The second-order valence-corrected chi connectivity index (χ2v) is 6.16. The molecular formula is C19H19F2N3O. The fourth-order valence-electron chi connectivity index (χ4n) is 2.82. The average molecular weight is 343 g/mol. The molecule has 0 aliphatic carbocycles. The number of nitrogens with one attached hydrogen (secondary N) is 2.